The lowest BCUT2D eigenvalue weighted by atomic mass is 10.1. The van der Waals surface area contributed by atoms with Gasteiger partial charge in [-0.1, -0.05) is 12.5 Å². The first kappa shape index (κ1) is 12.9. The molecule has 1 unspecified atom stereocenters. The number of phenolic OH excluding ortho intramolecular Hbond substituents is 1. The number of amides is 1. The first-order valence-corrected chi connectivity index (χ1v) is 6.48. The molecule has 1 heterocycles. The molecule has 1 aliphatic rings. The van der Waals surface area contributed by atoms with E-state index in [0.29, 0.717) is 5.56 Å². The number of carbonyl (C=O) groups excluding carboxylic acids is 1. The van der Waals surface area contributed by atoms with Gasteiger partial charge in [-0.25, -0.2) is 0 Å². The highest BCUT2D eigenvalue weighted by Crippen LogP contribution is 2.17. The van der Waals surface area contributed by atoms with Crippen LogP contribution in [0.25, 0.3) is 0 Å². The number of benzene rings is 1. The molecular weight excluding hydrogens is 228 g/mol. The summed E-state index contributed by atoms with van der Waals surface area (Å²) in [6.07, 6.45) is 3.31. The number of hydrogen-bond acceptors (Lipinski definition) is 3. The van der Waals surface area contributed by atoms with E-state index >= 15 is 0 Å². The zero-order valence-corrected chi connectivity index (χ0v) is 10.7. The molecule has 0 spiro atoms. The van der Waals surface area contributed by atoms with E-state index in [0.717, 1.165) is 37.9 Å². The van der Waals surface area contributed by atoms with E-state index < -0.39 is 0 Å². The van der Waals surface area contributed by atoms with Gasteiger partial charge in [0.1, 0.15) is 5.75 Å². The Morgan fingerprint density at radius 1 is 1.44 bits per heavy atom. The Hall–Kier alpha value is -1.55. The maximum Gasteiger partial charge on any atom is 0.251 e. The van der Waals surface area contributed by atoms with Gasteiger partial charge in [0.05, 0.1) is 0 Å². The summed E-state index contributed by atoms with van der Waals surface area (Å²) in [6, 6.07) is 5.21. The molecule has 0 aliphatic carbocycles. The number of hydrogen-bond donors (Lipinski definition) is 3. The average molecular weight is 248 g/mol. The fraction of sp³-hybridized carbons (Fsp3) is 0.500. The van der Waals surface area contributed by atoms with Crippen LogP contribution >= 0.6 is 0 Å². The minimum atomic E-state index is -0.112. The third-order valence-electron chi connectivity index (χ3n) is 3.35. The first-order chi connectivity index (χ1) is 8.66. The van der Waals surface area contributed by atoms with Crippen LogP contribution in [-0.2, 0) is 0 Å². The number of aromatic hydroxyl groups is 1. The van der Waals surface area contributed by atoms with Gasteiger partial charge >= 0.3 is 0 Å². The van der Waals surface area contributed by atoms with Gasteiger partial charge < -0.3 is 15.7 Å². The molecule has 18 heavy (non-hydrogen) atoms. The van der Waals surface area contributed by atoms with Crippen LogP contribution in [0.3, 0.4) is 0 Å². The summed E-state index contributed by atoms with van der Waals surface area (Å²) in [5.41, 5.74) is 1.30. The minimum absolute atomic E-state index is 0.112. The van der Waals surface area contributed by atoms with Crippen molar-refractivity contribution in [1.82, 2.24) is 10.6 Å². The van der Waals surface area contributed by atoms with E-state index in [1.165, 1.54) is 6.07 Å². The second-order valence-electron chi connectivity index (χ2n) is 4.87. The molecule has 98 valence electrons. The molecule has 0 bridgehead atoms. The van der Waals surface area contributed by atoms with Crippen molar-refractivity contribution < 1.29 is 9.90 Å². The third-order valence-corrected chi connectivity index (χ3v) is 3.35. The lowest BCUT2D eigenvalue weighted by molar-refractivity contribution is 0.0935. The maximum absolute atomic E-state index is 12.0. The van der Waals surface area contributed by atoms with Crippen molar-refractivity contribution in [2.24, 2.45) is 0 Å². The Morgan fingerprint density at radius 3 is 3.06 bits per heavy atom. The zero-order valence-electron chi connectivity index (χ0n) is 10.7. The fourth-order valence-corrected chi connectivity index (χ4v) is 2.16. The summed E-state index contributed by atoms with van der Waals surface area (Å²) < 4.78 is 0. The summed E-state index contributed by atoms with van der Waals surface area (Å²) in [6.45, 7) is 3.66. The zero-order chi connectivity index (χ0) is 13.0. The van der Waals surface area contributed by atoms with Gasteiger partial charge in [-0.2, -0.15) is 0 Å². The van der Waals surface area contributed by atoms with Crippen LogP contribution in [0.1, 0.15) is 35.2 Å². The predicted octanol–water partition coefficient (Wildman–Crippen LogP) is 1.57. The monoisotopic (exact) mass is 248 g/mol. The van der Waals surface area contributed by atoms with Crippen LogP contribution in [0.4, 0.5) is 0 Å². The predicted molar refractivity (Wildman–Crippen MR) is 70.8 cm³/mol. The van der Waals surface area contributed by atoms with Crippen molar-refractivity contribution in [3.8, 4) is 5.75 Å². The molecule has 4 heteroatoms. The molecule has 1 amide bonds. The normalized spacial score (nSPS) is 20.2. The van der Waals surface area contributed by atoms with Gasteiger partial charge in [-0.15, -0.1) is 0 Å². The number of phenols is 1. The van der Waals surface area contributed by atoms with Crippen molar-refractivity contribution in [2.75, 3.05) is 13.1 Å². The van der Waals surface area contributed by atoms with E-state index in [-0.39, 0.29) is 17.7 Å². The van der Waals surface area contributed by atoms with Crippen LogP contribution in [0.15, 0.2) is 18.2 Å². The molecule has 1 saturated heterocycles. The smallest absolute Gasteiger partial charge is 0.251 e. The highest BCUT2D eigenvalue weighted by molar-refractivity contribution is 5.94. The van der Waals surface area contributed by atoms with E-state index in [9.17, 15) is 9.90 Å². The van der Waals surface area contributed by atoms with Crippen LogP contribution in [0, 0.1) is 6.92 Å². The van der Waals surface area contributed by atoms with Crippen molar-refractivity contribution in [3.05, 3.63) is 29.3 Å². The van der Waals surface area contributed by atoms with Gasteiger partial charge in [-0.05, 0) is 44.0 Å². The number of rotatable bonds is 2. The molecule has 4 nitrogen and oxygen atoms in total. The van der Waals surface area contributed by atoms with Gasteiger partial charge in [0.2, 0.25) is 0 Å². The van der Waals surface area contributed by atoms with E-state index in [1.54, 1.807) is 12.1 Å². The van der Waals surface area contributed by atoms with Crippen molar-refractivity contribution in [3.63, 3.8) is 0 Å². The highest BCUT2D eigenvalue weighted by Gasteiger charge is 2.15. The Balaban J connectivity index is 1.99. The quantitative estimate of drug-likeness (QED) is 0.744. The SMILES string of the molecule is Cc1ccc(C(=O)NC2CCCCNC2)cc1O. The van der Waals surface area contributed by atoms with Crippen LogP contribution < -0.4 is 10.6 Å². The van der Waals surface area contributed by atoms with Crippen molar-refractivity contribution >= 4 is 5.91 Å². The second kappa shape index (κ2) is 5.87. The molecule has 2 rings (SSSR count). The molecule has 0 radical (unpaired) electrons. The average Bonchev–Trinajstić information content (AvgIpc) is 2.61. The lowest BCUT2D eigenvalue weighted by Gasteiger charge is -2.16. The molecule has 1 atom stereocenters. The molecule has 1 fully saturated rings. The summed E-state index contributed by atoms with van der Waals surface area (Å²) >= 11 is 0. The van der Waals surface area contributed by atoms with Gasteiger partial charge in [-0.3, -0.25) is 4.79 Å². The minimum Gasteiger partial charge on any atom is -0.508 e. The summed E-state index contributed by atoms with van der Waals surface area (Å²) in [5.74, 6) is 0.0561. The second-order valence-corrected chi connectivity index (χ2v) is 4.87. The Kier molecular flexibility index (Phi) is 4.20. The topological polar surface area (TPSA) is 61.4 Å². The third kappa shape index (κ3) is 3.23. The number of carbonyl (C=O) groups is 1. The summed E-state index contributed by atoms with van der Waals surface area (Å²) in [7, 11) is 0. The van der Waals surface area contributed by atoms with Crippen LogP contribution in [-0.4, -0.2) is 30.1 Å². The fourth-order valence-electron chi connectivity index (χ4n) is 2.16. The van der Waals surface area contributed by atoms with Crippen molar-refractivity contribution in [1.29, 1.82) is 0 Å². The van der Waals surface area contributed by atoms with E-state index in [4.69, 9.17) is 0 Å². The Bertz CT molecular complexity index is 424. The Labute approximate surface area is 107 Å². The highest BCUT2D eigenvalue weighted by atomic mass is 16.3. The molecule has 1 aromatic rings. The van der Waals surface area contributed by atoms with Crippen molar-refractivity contribution in [2.45, 2.75) is 32.2 Å². The molecule has 1 aromatic carbocycles. The van der Waals surface area contributed by atoms with Gasteiger partial charge in [0.15, 0.2) is 0 Å². The molecule has 1 aliphatic heterocycles. The van der Waals surface area contributed by atoms with Gasteiger partial charge in [0, 0.05) is 18.2 Å². The van der Waals surface area contributed by atoms with E-state index in [1.807, 2.05) is 6.92 Å². The van der Waals surface area contributed by atoms with E-state index in [2.05, 4.69) is 10.6 Å². The lowest BCUT2D eigenvalue weighted by Crippen LogP contribution is -2.40. The summed E-state index contributed by atoms with van der Waals surface area (Å²) in [5, 5.41) is 15.9. The van der Waals surface area contributed by atoms with Gasteiger partial charge in [0.25, 0.3) is 5.91 Å². The number of nitrogens with one attached hydrogen (secondary N) is 2. The summed E-state index contributed by atoms with van der Waals surface area (Å²) in [4.78, 5) is 12.0. The largest absolute Gasteiger partial charge is 0.508 e. The molecule has 0 saturated carbocycles. The standard InChI is InChI=1S/C14H20N2O2/c1-10-5-6-11(8-13(10)17)14(18)16-12-4-2-3-7-15-9-12/h5-6,8,12,15,17H,2-4,7,9H2,1H3,(H,16,18). The van der Waals surface area contributed by atoms with Crippen LogP contribution in [0.5, 0.6) is 5.75 Å². The molecule has 0 aromatic heterocycles. The number of aryl methyl sites for hydroxylation is 1. The molecule has 3 N–H and O–H groups in total. The van der Waals surface area contributed by atoms with Crippen LogP contribution in [0.2, 0.25) is 0 Å². The maximum atomic E-state index is 12.0. The first-order valence-electron chi connectivity index (χ1n) is 6.48. The molecular formula is C14H20N2O2. The Morgan fingerprint density at radius 2 is 2.28 bits per heavy atom.